The number of hydrogen-bond acceptors (Lipinski definition) is 2. The predicted molar refractivity (Wildman–Crippen MR) is 65.2 cm³/mol. The molecule has 0 radical (unpaired) electrons. The number of carbonyl (C=O) groups excluding carboxylic acids is 1. The molecule has 1 amide bonds. The fourth-order valence-corrected chi connectivity index (χ4v) is 2.35. The second-order valence-electron chi connectivity index (χ2n) is 4.30. The summed E-state index contributed by atoms with van der Waals surface area (Å²) in [5.74, 6) is -0.0157. The minimum atomic E-state index is -0.225. The second kappa shape index (κ2) is 3.14. The Morgan fingerprint density at radius 3 is 2.53 bits per heavy atom. The molecule has 0 aromatic heterocycles. The maximum atomic E-state index is 11.5. The van der Waals surface area contributed by atoms with E-state index in [1.807, 2.05) is 24.3 Å². The molecule has 0 fully saturated rings. The third kappa shape index (κ3) is 1.30. The van der Waals surface area contributed by atoms with Gasteiger partial charge >= 0.3 is 0 Å². The maximum absolute atomic E-state index is 11.5. The summed E-state index contributed by atoms with van der Waals surface area (Å²) in [7, 11) is 0. The number of rotatable bonds is 0. The lowest BCUT2D eigenvalue weighted by Gasteiger charge is -2.21. The summed E-state index contributed by atoms with van der Waals surface area (Å²) in [6, 6.07) is 7.88. The fraction of sp³-hybridized carbons (Fsp3) is 0.333. The first-order valence-electron chi connectivity index (χ1n) is 4.91. The van der Waals surface area contributed by atoms with Gasteiger partial charge in [-0.05, 0) is 25.5 Å². The van der Waals surface area contributed by atoms with E-state index in [0.717, 1.165) is 11.3 Å². The minimum absolute atomic E-state index is 0.0157. The van der Waals surface area contributed by atoms with Crippen molar-refractivity contribution in [3.8, 4) is 0 Å². The van der Waals surface area contributed by atoms with Crippen LogP contribution < -0.4 is 4.90 Å². The summed E-state index contributed by atoms with van der Waals surface area (Å²) in [5, 5.41) is 0. The van der Waals surface area contributed by atoms with Gasteiger partial charge in [-0.3, -0.25) is 9.69 Å². The van der Waals surface area contributed by atoms with Crippen molar-refractivity contribution >= 4 is 28.8 Å². The van der Waals surface area contributed by atoms with Gasteiger partial charge in [-0.25, -0.2) is 0 Å². The molecule has 0 aliphatic carbocycles. The highest BCUT2D eigenvalue weighted by atomic mass is 32.1. The molecule has 1 aromatic rings. The van der Waals surface area contributed by atoms with Crippen molar-refractivity contribution < 1.29 is 4.79 Å². The molecular formula is C12H13NOS. The quantitative estimate of drug-likeness (QED) is 0.625. The molecule has 0 saturated carbocycles. The van der Waals surface area contributed by atoms with Crippen LogP contribution in [0.4, 0.5) is 5.69 Å². The summed E-state index contributed by atoms with van der Waals surface area (Å²) < 4.78 is 0. The number of benzene rings is 1. The number of hydrogen-bond donors (Lipinski definition) is 0. The zero-order valence-corrected chi connectivity index (χ0v) is 9.89. The summed E-state index contributed by atoms with van der Waals surface area (Å²) >= 11 is 5.36. The molecule has 2 rings (SSSR count). The van der Waals surface area contributed by atoms with Crippen molar-refractivity contribution in [1.82, 2.24) is 0 Å². The van der Waals surface area contributed by atoms with Crippen LogP contribution in [0.15, 0.2) is 24.3 Å². The first-order chi connectivity index (χ1) is 6.96. The van der Waals surface area contributed by atoms with E-state index in [2.05, 4.69) is 13.8 Å². The van der Waals surface area contributed by atoms with E-state index in [1.165, 1.54) is 0 Å². The van der Waals surface area contributed by atoms with E-state index in [-0.39, 0.29) is 11.3 Å². The number of para-hydroxylation sites is 1. The Bertz CT molecular complexity index is 451. The molecule has 0 N–H and O–H groups in total. The summed E-state index contributed by atoms with van der Waals surface area (Å²) in [6.07, 6.45) is 0. The van der Waals surface area contributed by atoms with E-state index < -0.39 is 0 Å². The smallest absolute Gasteiger partial charge is 0.228 e. The largest absolute Gasteiger partial charge is 0.274 e. The third-order valence-corrected chi connectivity index (χ3v) is 3.56. The van der Waals surface area contributed by atoms with Crippen LogP contribution in [0.1, 0.15) is 26.3 Å². The average molecular weight is 219 g/mol. The van der Waals surface area contributed by atoms with Gasteiger partial charge in [-0.15, -0.1) is 0 Å². The Morgan fingerprint density at radius 1 is 1.33 bits per heavy atom. The average Bonchev–Trinajstić information content (AvgIpc) is 2.36. The molecular weight excluding hydrogens is 206 g/mol. The van der Waals surface area contributed by atoms with Crippen molar-refractivity contribution in [2.75, 3.05) is 4.90 Å². The van der Waals surface area contributed by atoms with Gasteiger partial charge in [0.05, 0.1) is 10.7 Å². The second-order valence-corrected chi connectivity index (χ2v) is 4.69. The molecule has 0 bridgehead atoms. The maximum Gasteiger partial charge on any atom is 0.228 e. The van der Waals surface area contributed by atoms with E-state index in [0.29, 0.717) is 4.99 Å². The van der Waals surface area contributed by atoms with Crippen molar-refractivity contribution in [2.24, 2.45) is 0 Å². The number of amides is 1. The van der Waals surface area contributed by atoms with Crippen LogP contribution in [0.3, 0.4) is 0 Å². The van der Waals surface area contributed by atoms with Gasteiger partial charge in [0.1, 0.15) is 0 Å². The zero-order chi connectivity index (χ0) is 11.2. The van der Waals surface area contributed by atoms with Gasteiger partial charge in [0.25, 0.3) is 0 Å². The Labute approximate surface area is 94.9 Å². The van der Waals surface area contributed by atoms with Crippen LogP contribution in [0.2, 0.25) is 0 Å². The molecule has 0 saturated heterocycles. The topological polar surface area (TPSA) is 20.3 Å². The Balaban J connectivity index is 2.67. The Morgan fingerprint density at radius 2 is 1.93 bits per heavy atom. The lowest BCUT2D eigenvalue weighted by Crippen LogP contribution is -2.37. The zero-order valence-electron chi connectivity index (χ0n) is 9.07. The standard InChI is InChI=1S/C12H13NOS/c1-8(14)13-10-7-5-4-6-9(10)12(2,3)11(13)15/h4-7H,1-3H3. The van der Waals surface area contributed by atoms with Gasteiger partial charge in [0.15, 0.2) is 0 Å². The van der Waals surface area contributed by atoms with Crippen molar-refractivity contribution in [3.63, 3.8) is 0 Å². The van der Waals surface area contributed by atoms with E-state index in [9.17, 15) is 4.79 Å². The van der Waals surface area contributed by atoms with Crippen LogP contribution in [0.5, 0.6) is 0 Å². The summed E-state index contributed by atoms with van der Waals surface area (Å²) in [4.78, 5) is 13.9. The van der Waals surface area contributed by atoms with Crippen LogP contribution in [0, 0.1) is 0 Å². The molecule has 3 heteroatoms. The number of fused-ring (bicyclic) bond motifs is 1. The monoisotopic (exact) mass is 219 g/mol. The van der Waals surface area contributed by atoms with E-state index in [1.54, 1.807) is 11.8 Å². The van der Waals surface area contributed by atoms with Gasteiger partial charge in [-0.2, -0.15) is 0 Å². The highest BCUT2D eigenvalue weighted by Crippen LogP contribution is 2.41. The van der Waals surface area contributed by atoms with E-state index >= 15 is 0 Å². The highest BCUT2D eigenvalue weighted by molar-refractivity contribution is 7.81. The molecule has 1 heterocycles. The number of nitrogens with zero attached hydrogens (tertiary/aromatic N) is 1. The molecule has 1 aromatic carbocycles. The third-order valence-electron chi connectivity index (χ3n) is 2.87. The number of carbonyl (C=O) groups is 1. The molecule has 15 heavy (non-hydrogen) atoms. The molecule has 78 valence electrons. The summed E-state index contributed by atoms with van der Waals surface area (Å²) in [6.45, 7) is 5.65. The molecule has 1 aliphatic rings. The normalized spacial score (nSPS) is 17.8. The lowest BCUT2D eigenvalue weighted by molar-refractivity contribution is -0.115. The van der Waals surface area contributed by atoms with Gasteiger partial charge in [-0.1, -0.05) is 30.4 Å². The van der Waals surface area contributed by atoms with Gasteiger partial charge < -0.3 is 0 Å². The first kappa shape index (κ1) is 10.3. The number of anilines is 1. The van der Waals surface area contributed by atoms with Crippen molar-refractivity contribution in [1.29, 1.82) is 0 Å². The SMILES string of the molecule is CC(=O)N1C(=S)C(C)(C)c2ccccc21. The highest BCUT2D eigenvalue weighted by Gasteiger charge is 2.41. The van der Waals surface area contributed by atoms with Crippen LogP contribution in [0.25, 0.3) is 0 Å². The van der Waals surface area contributed by atoms with Gasteiger partial charge in [0.2, 0.25) is 5.91 Å². The van der Waals surface area contributed by atoms with Crippen LogP contribution >= 0.6 is 12.2 Å². The fourth-order valence-electron chi connectivity index (χ4n) is 2.01. The molecule has 0 spiro atoms. The molecule has 0 atom stereocenters. The van der Waals surface area contributed by atoms with Crippen molar-refractivity contribution in [3.05, 3.63) is 29.8 Å². The molecule has 1 aliphatic heterocycles. The van der Waals surface area contributed by atoms with Crippen molar-refractivity contribution in [2.45, 2.75) is 26.2 Å². The van der Waals surface area contributed by atoms with E-state index in [4.69, 9.17) is 12.2 Å². The lowest BCUT2D eigenvalue weighted by atomic mass is 9.87. The minimum Gasteiger partial charge on any atom is -0.274 e. The predicted octanol–water partition coefficient (Wildman–Crippen LogP) is 2.66. The van der Waals surface area contributed by atoms with Gasteiger partial charge in [0, 0.05) is 12.3 Å². The Hall–Kier alpha value is -1.22. The molecule has 0 unspecified atom stereocenters. The number of thiocarbonyl (C=S) groups is 1. The van der Waals surface area contributed by atoms with Crippen LogP contribution in [-0.2, 0) is 10.2 Å². The van der Waals surface area contributed by atoms with Crippen LogP contribution in [-0.4, -0.2) is 10.9 Å². The summed E-state index contributed by atoms with van der Waals surface area (Å²) in [5.41, 5.74) is 1.84. The molecule has 2 nitrogen and oxygen atoms in total. The first-order valence-corrected chi connectivity index (χ1v) is 5.31. The Kier molecular flexibility index (Phi) is 2.15.